The molecule has 0 atom stereocenters. The van der Waals surface area contributed by atoms with Crippen LogP contribution in [0.15, 0.2) is 42.6 Å². The quantitative estimate of drug-likeness (QED) is 0.944. The summed E-state index contributed by atoms with van der Waals surface area (Å²) in [6, 6.07) is 9.35. The third-order valence-electron chi connectivity index (χ3n) is 3.43. The SMILES string of the molecule is O=C(NCc1cccnc1Oc1cccc(F)c1)N1CCC1. The van der Waals surface area contributed by atoms with Crippen LogP contribution < -0.4 is 10.1 Å². The maximum Gasteiger partial charge on any atom is 0.317 e. The highest BCUT2D eigenvalue weighted by Crippen LogP contribution is 2.23. The zero-order valence-corrected chi connectivity index (χ0v) is 12.0. The fourth-order valence-electron chi connectivity index (χ4n) is 2.09. The van der Waals surface area contributed by atoms with E-state index in [0.29, 0.717) is 18.2 Å². The summed E-state index contributed by atoms with van der Waals surface area (Å²) >= 11 is 0. The van der Waals surface area contributed by atoms with Crippen molar-refractivity contribution in [1.29, 1.82) is 0 Å². The molecule has 5 nitrogen and oxygen atoms in total. The number of aromatic nitrogens is 1. The average molecular weight is 301 g/mol. The Kier molecular flexibility index (Phi) is 4.18. The largest absolute Gasteiger partial charge is 0.439 e. The zero-order valence-electron chi connectivity index (χ0n) is 12.0. The summed E-state index contributed by atoms with van der Waals surface area (Å²) < 4.78 is 18.8. The second-order valence-corrected chi connectivity index (χ2v) is 5.03. The van der Waals surface area contributed by atoms with Gasteiger partial charge in [-0.1, -0.05) is 12.1 Å². The lowest BCUT2D eigenvalue weighted by Crippen LogP contribution is -2.47. The van der Waals surface area contributed by atoms with Gasteiger partial charge in [-0.15, -0.1) is 0 Å². The number of carbonyl (C=O) groups is 1. The second-order valence-electron chi connectivity index (χ2n) is 5.03. The van der Waals surface area contributed by atoms with E-state index in [1.54, 1.807) is 29.3 Å². The fraction of sp³-hybridized carbons (Fsp3) is 0.250. The number of likely N-dealkylation sites (tertiary alicyclic amines) is 1. The maximum absolute atomic E-state index is 13.2. The molecule has 3 rings (SSSR count). The third kappa shape index (κ3) is 3.33. The Bertz CT molecular complexity index is 674. The summed E-state index contributed by atoms with van der Waals surface area (Å²) in [5.74, 6) is 0.354. The first-order valence-electron chi connectivity index (χ1n) is 7.12. The molecule has 114 valence electrons. The van der Waals surface area contributed by atoms with E-state index in [4.69, 9.17) is 4.74 Å². The summed E-state index contributed by atoms with van der Waals surface area (Å²) in [5, 5.41) is 2.83. The van der Waals surface area contributed by atoms with Crippen LogP contribution in [0.25, 0.3) is 0 Å². The molecule has 0 aliphatic carbocycles. The molecule has 1 N–H and O–H groups in total. The van der Waals surface area contributed by atoms with Crippen molar-refractivity contribution >= 4 is 6.03 Å². The highest BCUT2D eigenvalue weighted by Gasteiger charge is 2.20. The van der Waals surface area contributed by atoms with Crippen LogP contribution in [-0.4, -0.2) is 29.0 Å². The van der Waals surface area contributed by atoms with Crippen LogP contribution in [0.1, 0.15) is 12.0 Å². The molecule has 2 amide bonds. The molecule has 0 saturated carbocycles. The normalized spacial score (nSPS) is 13.4. The molecule has 6 heteroatoms. The van der Waals surface area contributed by atoms with Crippen molar-refractivity contribution < 1.29 is 13.9 Å². The molecule has 0 radical (unpaired) electrons. The van der Waals surface area contributed by atoms with Crippen LogP contribution in [0.2, 0.25) is 0 Å². The Hall–Kier alpha value is -2.63. The van der Waals surface area contributed by atoms with Gasteiger partial charge in [0.1, 0.15) is 11.6 Å². The number of amides is 2. The fourth-order valence-corrected chi connectivity index (χ4v) is 2.09. The highest BCUT2D eigenvalue weighted by molar-refractivity contribution is 5.74. The maximum atomic E-state index is 13.2. The minimum absolute atomic E-state index is 0.0909. The van der Waals surface area contributed by atoms with Crippen LogP contribution in [0.5, 0.6) is 11.6 Å². The number of nitrogens with one attached hydrogen (secondary N) is 1. The van der Waals surface area contributed by atoms with E-state index in [1.807, 2.05) is 6.07 Å². The molecule has 0 unspecified atom stereocenters. The van der Waals surface area contributed by atoms with Crippen molar-refractivity contribution in [2.24, 2.45) is 0 Å². The van der Waals surface area contributed by atoms with E-state index < -0.39 is 0 Å². The number of nitrogens with zero attached hydrogens (tertiary/aromatic N) is 2. The van der Waals surface area contributed by atoms with Crippen molar-refractivity contribution in [2.45, 2.75) is 13.0 Å². The Morgan fingerprint density at radius 2 is 2.18 bits per heavy atom. The number of hydrogen-bond donors (Lipinski definition) is 1. The summed E-state index contributed by atoms with van der Waals surface area (Å²) in [6.07, 6.45) is 2.64. The lowest BCUT2D eigenvalue weighted by atomic mass is 10.2. The number of ether oxygens (including phenoxy) is 1. The number of rotatable bonds is 4. The number of urea groups is 1. The molecule has 2 aromatic rings. The Morgan fingerprint density at radius 1 is 1.32 bits per heavy atom. The number of hydrogen-bond acceptors (Lipinski definition) is 3. The van der Waals surface area contributed by atoms with Crippen molar-refractivity contribution in [1.82, 2.24) is 15.2 Å². The van der Waals surface area contributed by atoms with Crippen LogP contribution in [0.3, 0.4) is 0 Å². The van der Waals surface area contributed by atoms with E-state index >= 15 is 0 Å². The Labute approximate surface area is 127 Å². The van der Waals surface area contributed by atoms with Gasteiger partial charge < -0.3 is 15.0 Å². The van der Waals surface area contributed by atoms with Gasteiger partial charge in [-0.25, -0.2) is 14.2 Å². The van der Waals surface area contributed by atoms with Gasteiger partial charge in [0.25, 0.3) is 0 Å². The van der Waals surface area contributed by atoms with Crippen molar-refractivity contribution in [3.63, 3.8) is 0 Å². The third-order valence-corrected chi connectivity index (χ3v) is 3.43. The molecular formula is C16H16FN3O2. The first kappa shape index (κ1) is 14.3. The molecule has 1 aliphatic heterocycles. The van der Waals surface area contributed by atoms with E-state index in [0.717, 1.165) is 25.1 Å². The molecule has 1 aromatic carbocycles. The average Bonchev–Trinajstić information content (AvgIpc) is 2.44. The minimum atomic E-state index is -0.374. The van der Waals surface area contributed by atoms with Gasteiger partial charge in [-0.05, 0) is 24.6 Å². The van der Waals surface area contributed by atoms with Crippen molar-refractivity contribution in [3.8, 4) is 11.6 Å². The molecular weight excluding hydrogens is 285 g/mol. The van der Waals surface area contributed by atoms with Crippen LogP contribution in [-0.2, 0) is 6.54 Å². The first-order valence-corrected chi connectivity index (χ1v) is 7.12. The highest BCUT2D eigenvalue weighted by atomic mass is 19.1. The van der Waals surface area contributed by atoms with Crippen molar-refractivity contribution in [3.05, 3.63) is 54.0 Å². The summed E-state index contributed by atoms with van der Waals surface area (Å²) in [5.41, 5.74) is 0.737. The lowest BCUT2D eigenvalue weighted by Gasteiger charge is -2.30. The lowest BCUT2D eigenvalue weighted by molar-refractivity contribution is 0.167. The van der Waals surface area contributed by atoms with E-state index in [1.165, 1.54) is 12.1 Å². The molecule has 1 aromatic heterocycles. The predicted octanol–water partition coefficient (Wildman–Crippen LogP) is 2.93. The molecule has 1 fully saturated rings. The molecule has 0 bridgehead atoms. The van der Waals surface area contributed by atoms with Crippen LogP contribution >= 0.6 is 0 Å². The Morgan fingerprint density at radius 3 is 2.91 bits per heavy atom. The van der Waals surface area contributed by atoms with Crippen LogP contribution in [0, 0.1) is 5.82 Å². The number of benzene rings is 1. The standard InChI is InChI=1S/C16H16FN3O2/c17-13-5-1-6-14(10-13)22-15-12(4-2-7-18-15)11-19-16(21)20-8-3-9-20/h1-2,4-7,10H,3,8-9,11H2,(H,19,21). The second kappa shape index (κ2) is 6.43. The Balaban J connectivity index is 1.68. The molecule has 1 aliphatic rings. The topological polar surface area (TPSA) is 54.5 Å². The first-order chi connectivity index (χ1) is 10.7. The predicted molar refractivity (Wildman–Crippen MR) is 79.1 cm³/mol. The van der Waals surface area contributed by atoms with E-state index in [-0.39, 0.29) is 11.8 Å². The van der Waals surface area contributed by atoms with Gasteiger partial charge >= 0.3 is 6.03 Å². The molecule has 0 spiro atoms. The summed E-state index contributed by atoms with van der Waals surface area (Å²) in [6.45, 7) is 1.91. The summed E-state index contributed by atoms with van der Waals surface area (Å²) in [4.78, 5) is 17.7. The zero-order chi connectivity index (χ0) is 15.4. The van der Waals surface area contributed by atoms with Gasteiger partial charge in [0, 0.05) is 37.5 Å². The van der Waals surface area contributed by atoms with E-state index in [9.17, 15) is 9.18 Å². The van der Waals surface area contributed by atoms with Gasteiger partial charge in [-0.3, -0.25) is 0 Å². The molecule has 2 heterocycles. The molecule has 1 saturated heterocycles. The number of pyridine rings is 1. The van der Waals surface area contributed by atoms with Gasteiger partial charge in [-0.2, -0.15) is 0 Å². The van der Waals surface area contributed by atoms with Gasteiger partial charge in [0.2, 0.25) is 5.88 Å². The number of halogens is 1. The van der Waals surface area contributed by atoms with Crippen molar-refractivity contribution in [2.75, 3.05) is 13.1 Å². The number of carbonyl (C=O) groups excluding carboxylic acids is 1. The monoisotopic (exact) mass is 301 g/mol. The minimum Gasteiger partial charge on any atom is -0.439 e. The summed E-state index contributed by atoms with van der Waals surface area (Å²) in [7, 11) is 0. The smallest absolute Gasteiger partial charge is 0.317 e. The van der Waals surface area contributed by atoms with Gasteiger partial charge in [0.15, 0.2) is 0 Å². The van der Waals surface area contributed by atoms with Crippen LogP contribution in [0.4, 0.5) is 9.18 Å². The molecule has 22 heavy (non-hydrogen) atoms. The van der Waals surface area contributed by atoms with Gasteiger partial charge in [0.05, 0.1) is 0 Å². The van der Waals surface area contributed by atoms with E-state index in [2.05, 4.69) is 10.3 Å².